The van der Waals surface area contributed by atoms with Crippen LogP contribution >= 0.6 is 0 Å². The summed E-state index contributed by atoms with van der Waals surface area (Å²) >= 11 is 0. The van der Waals surface area contributed by atoms with Crippen LogP contribution in [0, 0.1) is 23.7 Å². The Labute approximate surface area is 68.3 Å². The van der Waals surface area contributed by atoms with Crippen LogP contribution in [0.5, 0.6) is 0 Å². The van der Waals surface area contributed by atoms with E-state index < -0.39 is 0 Å². The highest BCUT2D eigenvalue weighted by molar-refractivity contribution is 5.00. The average Bonchev–Trinajstić information content (AvgIpc) is 2.19. The molecule has 3 bridgehead atoms. The lowest BCUT2D eigenvalue weighted by molar-refractivity contribution is 0.156. The highest BCUT2D eigenvalue weighted by Crippen LogP contribution is 2.54. The topological polar surface area (TPSA) is 26.0 Å². The largest absolute Gasteiger partial charge is 0.327 e. The Hall–Kier alpha value is -0.0400. The maximum Gasteiger partial charge on any atom is 0.00725 e. The summed E-state index contributed by atoms with van der Waals surface area (Å²) in [7, 11) is 0. The van der Waals surface area contributed by atoms with Gasteiger partial charge >= 0.3 is 0 Å². The number of nitrogens with two attached hydrogens (primary N) is 1. The molecule has 2 N–H and O–H groups in total. The van der Waals surface area contributed by atoms with E-state index in [0.29, 0.717) is 6.04 Å². The monoisotopic (exact) mass is 151 g/mol. The van der Waals surface area contributed by atoms with Crippen molar-refractivity contribution in [3.05, 3.63) is 0 Å². The molecule has 1 nitrogen and oxygen atoms in total. The lowest BCUT2D eigenvalue weighted by Gasteiger charge is -2.37. The van der Waals surface area contributed by atoms with Crippen LogP contribution < -0.4 is 5.73 Å². The molecule has 0 saturated heterocycles. The van der Waals surface area contributed by atoms with Crippen molar-refractivity contribution in [3.8, 4) is 0 Å². The Morgan fingerprint density at radius 1 is 0.818 bits per heavy atom. The van der Waals surface area contributed by atoms with E-state index in [2.05, 4.69) is 0 Å². The van der Waals surface area contributed by atoms with Crippen molar-refractivity contribution < 1.29 is 0 Å². The molecule has 62 valence electrons. The minimum atomic E-state index is 0.575. The second-order valence-electron chi connectivity index (χ2n) is 5.00. The maximum absolute atomic E-state index is 6.14. The lowest BCUT2D eigenvalue weighted by Crippen LogP contribution is -2.39. The quantitative estimate of drug-likeness (QED) is 0.561. The molecule has 5 unspecified atom stereocenters. The van der Waals surface area contributed by atoms with Gasteiger partial charge in [-0.2, -0.15) is 0 Å². The minimum Gasteiger partial charge on any atom is -0.327 e. The molecule has 0 amide bonds. The Kier molecular flexibility index (Phi) is 1.18. The summed E-state index contributed by atoms with van der Waals surface area (Å²) in [4.78, 5) is 0. The molecular weight excluding hydrogens is 134 g/mol. The number of hydrogen-bond donors (Lipinski definition) is 1. The van der Waals surface area contributed by atoms with Crippen LogP contribution in [0.2, 0.25) is 0 Å². The fourth-order valence-corrected chi connectivity index (χ4v) is 4.01. The van der Waals surface area contributed by atoms with Gasteiger partial charge in [-0.05, 0) is 55.8 Å². The van der Waals surface area contributed by atoms with Crippen molar-refractivity contribution in [2.75, 3.05) is 0 Å². The van der Waals surface area contributed by atoms with Crippen LogP contribution in [-0.2, 0) is 0 Å². The molecule has 3 saturated carbocycles. The van der Waals surface area contributed by atoms with Gasteiger partial charge in [-0.15, -0.1) is 0 Å². The minimum absolute atomic E-state index is 0.575. The van der Waals surface area contributed by atoms with E-state index in [4.69, 9.17) is 5.73 Å². The van der Waals surface area contributed by atoms with E-state index in [0.717, 1.165) is 23.7 Å². The summed E-state index contributed by atoms with van der Waals surface area (Å²) in [5, 5.41) is 0. The van der Waals surface area contributed by atoms with E-state index in [1.807, 2.05) is 0 Å². The Morgan fingerprint density at radius 2 is 1.55 bits per heavy atom. The zero-order valence-corrected chi connectivity index (χ0v) is 7.00. The van der Waals surface area contributed by atoms with Crippen LogP contribution in [0.4, 0.5) is 0 Å². The first-order chi connectivity index (χ1) is 5.33. The van der Waals surface area contributed by atoms with Crippen LogP contribution in [-0.4, -0.2) is 6.04 Å². The van der Waals surface area contributed by atoms with Crippen LogP contribution in [0.3, 0.4) is 0 Å². The summed E-state index contributed by atoms with van der Waals surface area (Å²) in [6.45, 7) is 0. The molecule has 3 aliphatic carbocycles. The van der Waals surface area contributed by atoms with Crippen LogP contribution in [0.25, 0.3) is 0 Å². The van der Waals surface area contributed by atoms with E-state index in [-0.39, 0.29) is 0 Å². The number of rotatable bonds is 0. The fourth-order valence-electron chi connectivity index (χ4n) is 4.01. The molecule has 0 radical (unpaired) electrons. The standard InChI is InChI=1S/C10H17N/c11-10-5-7-1-6-2-8(3-7)9(10)4-6/h6-10H,1-5,11H2. The molecule has 1 heteroatoms. The molecule has 3 aliphatic rings. The molecule has 0 aromatic heterocycles. The SMILES string of the molecule is NC1CC2CC3CC(C2)C1C3. The van der Waals surface area contributed by atoms with Gasteiger partial charge in [0, 0.05) is 6.04 Å². The molecule has 11 heavy (non-hydrogen) atoms. The molecule has 0 aliphatic heterocycles. The van der Waals surface area contributed by atoms with Gasteiger partial charge in [0.2, 0.25) is 0 Å². The van der Waals surface area contributed by atoms with E-state index in [9.17, 15) is 0 Å². The second-order valence-corrected chi connectivity index (χ2v) is 5.00. The molecule has 0 aromatic carbocycles. The van der Waals surface area contributed by atoms with Gasteiger partial charge in [0.05, 0.1) is 0 Å². The van der Waals surface area contributed by atoms with Gasteiger partial charge < -0.3 is 5.73 Å². The van der Waals surface area contributed by atoms with E-state index in [1.165, 1.54) is 32.1 Å². The first kappa shape index (κ1) is 6.47. The normalized spacial score (nSPS) is 60.3. The van der Waals surface area contributed by atoms with Crippen molar-refractivity contribution in [2.45, 2.75) is 38.1 Å². The van der Waals surface area contributed by atoms with Crippen molar-refractivity contribution in [1.82, 2.24) is 0 Å². The first-order valence-corrected chi connectivity index (χ1v) is 5.08. The average molecular weight is 151 g/mol. The third kappa shape index (κ3) is 0.807. The van der Waals surface area contributed by atoms with Crippen molar-refractivity contribution in [1.29, 1.82) is 0 Å². The molecular formula is C10H17N. The number of hydrogen-bond acceptors (Lipinski definition) is 1. The Bertz CT molecular complexity index is 173. The van der Waals surface area contributed by atoms with Crippen molar-refractivity contribution >= 4 is 0 Å². The van der Waals surface area contributed by atoms with Gasteiger partial charge in [0.25, 0.3) is 0 Å². The maximum atomic E-state index is 6.14. The zero-order valence-electron chi connectivity index (χ0n) is 7.00. The third-order valence-electron chi connectivity index (χ3n) is 4.31. The fraction of sp³-hybridized carbons (Fsp3) is 1.00. The molecule has 0 heterocycles. The summed E-state index contributed by atoms with van der Waals surface area (Å²) in [5.74, 6) is 4.08. The summed E-state index contributed by atoms with van der Waals surface area (Å²) < 4.78 is 0. The van der Waals surface area contributed by atoms with Gasteiger partial charge in [0.1, 0.15) is 0 Å². The molecule has 5 atom stereocenters. The van der Waals surface area contributed by atoms with Crippen molar-refractivity contribution in [3.63, 3.8) is 0 Å². The van der Waals surface area contributed by atoms with Crippen LogP contribution in [0.15, 0.2) is 0 Å². The highest BCUT2D eigenvalue weighted by atomic mass is 14.7. The van der Waals surface area contributed by atoms with Gasteiger partial charge in [-0.1, -0.05) is 0 Å². The summed E-state index contributed by atoms with van der Waals surface area (Å²) in [6, 6.07) is 0.575. The molecule has 0 aromatic rings. The van der Waals surface area contributed by atoms with Gasteiger partial charge in [-0.25, -0.2) is 0 Å². The highest BCUT2D eigenvalue weighted by Gasteiger charge is 2.47. The van der Waals surface area contributed by atoms with E-state index in [1.54, 1.807) is 0 Å². The van der Waals surface area contributed by atoms with Crippen molar-refractivity contribution in [2.24, 2.45) is 29.4 Å². The predicted octanol–water partition coefficient (Wildman–Crippen LogP) is 1.77. The molecule has 0 spiro atoms. The molecule has 3 rings (SSSR count). The van der Waals surface area contributed by atoms with Gasteiger partial charge in [0.15, 0.2) is 0 Å². The molecule has 3 fully saturated rings. The second kappa shape index (κ2) is 2.01. The van der Waals surface area contributed by atoms with Crippen LogP contribution in [0.1, 0.15) is 32.1 Å². The lowest BCUT2D eigenvalue weighted by atomic mass is 9.70. The third-order valence-corrected chi connectivity index (χ3v) is 4.31. The number of fused-ring (bicyclic) bond motifs is 2. The predicted molar refractivity (Wildman–Crippen MR) is 45.0 cm³/mol. The van der Waals surface area contributed by atoms with E-state index >= 15 is 0 Å². The Morgan fingerprint density at radius 3 is 2.36 bits per heavy atom. The smallest absolute Gasteiger partial charge is 0.00725 e. The summed E-state index contributed by atoms with van der Waals surface area (Å²) in [5.41, 5.74) is 6.14. The van der Waals surface area contributed by atoms with Gasteiger partial charge in [-0.3, -0.25) is 0 Å². The summed E-state index contributed by atoms with van der Waals surface area (Å²) in [6.07, 6.45) is 7.38. The first-order valence-electron chi connectivity index (χ1n) is 5.08. The Balaban J connectivity index is 1.94. The zero-order chi connectivity index (χ0) is 7.42.